The van der Waals surface area contributed by atoms with Crippen LogP contribution in [0, 0.1) is 5.41 Å². The molecule has 2 aliphatic rings. The van der Waals surface area contributed by atoms with Crippen molar-refractivity contribution >= 4 is 5.84 Å². The molecule has 92 valence electrons. The zero-order chi connectivity index (χ0) is 11.2. The van der Waals surface area contributed by atoms with E-state index in [-0.39, 0.29) is 0 Å². The van der Waals surface area contributed by atoms with Gasteiger partial charge in [-0.25, -0.2) is 0 Å². The Morgan fingerprint density at radius 2 is 1.94 bits per heavy atom. The van der Waals surface area contributed by atoms with Crippen LogP contribution in [0.3, 0.4) is 0 Å². The molecule has 1 saturated heterocycles. The molecular weight excluding hydrogens is 200 g/mol. The Morgan fingerprint density at radius 3 is 2.69 bits per heavy atom. The molecule has 3 heteroatoms. The molecule has 0 amide bonds. The maximum Gasteiger partial charge on any atom is 0.0958 e. The first-order valence-electron chi connectivity index (χ1n) is 6.80. The standard InChI is InChI=1S/C13H24N2O/c14-13-8-4-5-9-15(13)10-11-16-12-6-2-1-3-7-12/h12,14H,1-11H2. The number of piperidine rings is 1. The second-order valence-electron chi connectivity index (χ2n) is 5.02. The fourth-order valence-electron chi connectivity index (χ4n) is 2.70. The molecule has 2 fully saturated rings. The topological polar surface area (TPSA) is 36.3 Å². The van der Waals surface area contributed by atoms with Crippen molar-refractivity contribution in [2.24, 2.45) is 0 Å². The van der Waals surface area contributed by atoms with Gasteiger partial charge in [0.2, 0.25) is 0 Å². The molecule has 0 aromatic rings. The minimum absolute atomic E-state index is 0.507. The summed E-state index contributed by atoms with van der Waals surface area (Å²) in [6.07, 6.45) is 10.5. The molecule has 0 unspecified atom stereocenters. The van der Waals surface area contributed by atoms with Crippen molar-refractivity contribution in [1.29, 1.82) is 5.41 Å². The summed E-state index contributed by atoms with van der Waals surface area (Å²) in [5.74, 6) is 0.818. The Bertz CT molecular complexity index is 224. The van der Waals surface area contributed by atoms with Gasteiger partial charge in [0.05, 0.1) is 18.5 Å². The molecular formula is C13H24N2O. The van der Waals surface area contributed by atoms with Crippen LogP contribution in [0.25, 0.3) is 0 Å². The Kier molecular flexibility index (Phi) is 4.64. The number of nitrogens with one attached hydrogen (secondary N) is 1. The van der Waals surface area contributed by atoms with Gasteiger partial charge in [-0.1, -0.05) is 19.3 Å². The number of rotatable bonds is 4. The Balaban J connectivity index is 1.61. The van der Waals surface area contributed by atoms with E-state index in [1.807, 2.05) is 0 Å². The van der Waals surface area contributed by atoms with Crippen molar-refractivity contribution in [2.75, 3.05) is 19.7 Å². The lowest BCUT2D eigenvalue weighted by Gasteiger charge is -2.30. The molecule has 3 nitrogen and oxygen atoms in total. The number of ether oxygens (including phenoxy) is 1. The molecule has 0 aromatic carbocycles. The lowest BCUT2D eigenvalue weighted by molar-refractivity contribution is 0.0220. The molecule has 0 aromatic heterocycles. The van der Waals surface area contributed by atoms with E-state index < -0.39 is 0 Å². The van der Waals surface area contributed by atoms with Crippen LogP contribution in [-0.2, 0) is 4.74 Å². The summed E-state index contributed by atoms with van der Waals surface area (Å²) in [6.45, 7) is 2.80. The second-order valence-corrected chi connectivity index (χ2v) is 5.02. The molecule has 1 aliphatic heterocycles. The maximum atomic E-state index is 7.84. The van der Waals surface area contributed by atoms with Crippen LogP contribution in [0.4, 0.5) is 0 Å². The first-order chi connectivity index (χ1) is 7.86. The van der Waals surface area contributed by atoms with Gasteiger partial charge >= 0.3 is 0 Å². The van der Waals surface area contributed by atoms with E-state index in [1.165, 1.54) is 44.9 Å². The Morgan fingerprint density at radius 1 is 1.12 bits per heavy atom. The second kappa shape index (κ2) is 6.24. The first kappa shape index (κ1) is 11.9. The van der Waals surface area contributed by atoms with E-state index in [4.69, 9.17) is 10.1 Å². The van der Waals surface area contributed by atoms with Gasteiger partial charge in [-0.2, -0.15) is 0 Å². The molecule has 1 heterocycles. The molecule has 1 aliphatic carbocycles. The van der Waals surface area contributed by atoms with Crippen LogP contribution in [0.15, 0.2) is 0 Å². The SMILES string of the molecule is N=C1CCCCN1CCOC1CCCCC1. The van der Waals surface area contributed by atoms with E-state index in [1.54, 1.807) is 0 Å². The van der Waals surface area contributed by atoms with E-state index >= 15 is 0 Å². The van der Waals surface area contributed by atoms with E-state index in [0.29, 0.717) is 6.10 Å². The first-order valence-corrected chi connectivity index (χ1v) is 6.80. The molecule has 0 bridgehead atoms. The van der Waals surface area contributed by atoms with Crippen molar-refractivity contribution in [2.45, 2.75) is 57.5 Å². The van der Waals surface area contributed by atoms with Gasteiger partial charge in [0.15, 0.2) is 0 Å². The molecule has 0 atom stereocenters. The highest BCUT2D eigenvalue weighted by Crippen LogP contribution is 2.20. The van der Waals surface area contributed by atoms with Crippen LogP contribution in [0.1, 0.15) is 51.4 Å². The summed E-state index contributed by atoms with van der Waals surface area (Å²) in [5, 5.41) is 7.84. The third kappa shape index (κ3) is 3.48. The minimum Gasteiger partial charge on any atom is -0.376 e. The van der Waals surface area contributed by atoms with Gasteiger partial charge in [0, 0.05) is 19.5 Å². The predicted octanol–water partition coefficient (Wildman–Crippen LogP) is 2.80. The van der Waals surface area contributed by atoms with Crippen LogP contribution >= 0.6 is 0 Å². The number of amidine groups is 1. The summed E-state index contributed by atoms with van der Waals surface area (Å²) < 4.78 is 5.90. The number of hydrogen-bond donors (Lipinski definition) is 1. The number of likely N-dealkylation sites (tertiary alicyclic amines) is 1. The van der Waals surface area contributed by atoms with Gasteiger partial charge in [0.25, 0.3) is 0 Å². The fourth-order valence-corrected chi connectivity index (χ4v) is 2.70. The molecule has 1 saturated carbocycles. The zero-order valence-electron chi connectivity index (χ0n) is 10.2. The van der Waals surface area contributed by atoms with Gasteiger partial charge in [-0.3, -0.25) is 5.41 Å². The summed E-state index contributed by atoms with van der Waals surface area (Å²) in [5.41, 5.74) is 0. The Labute approximate surface area is 98.7 Å². The van der Waals surface area contributed by atoms with E-state index in [9.17, 15) is 0 Å². The van der Waals surface area contributed by atoms with Crippen molar-refractivity contribution in [3.8, 4) is 0 Å². The summed E-state index contributed by atoms with van der Waals surface area (Å²) in [7, 11) is 0. The maximum absolute atomic E-state index is 7.84. The summed E-state index contributed by atoms with van der Waals surface area (Å²) >= 11 is 0. The average molecular weight is 224 g/mol. The zero-order valence-corrected chi connectivity index (χ0v) is 10.2. The molecule has 0 radical (unpaired) electrons. The van der Waals surface area contributed by atoms with Crippen LogP contribution in [0.2, 0.25) is 0 Å². The average Bonchev–Trinajstić information content (AvgIpc) is 2.33. The van der Waals surface area contributed by atoms with Gasteiger partial charge in [-0.05, 0) is 25.7 Å². The lowest BCUT2D eigenvalue weighted by atomic mass is 9.98. The largest absolute Gasteiger partial charge is 0.376 e. The fraction of sp³-hybridized carbons (Fsp3) is 0.923. The van der Waals surface area contributed by atoms with Crippen molar-refractivity contribution in [3.05, 3.63) is 0 Å². The lowest BCUT2D eigenvalue weighted by Crippen LogP contribution is -2.37. The van der Waals surface area contributed by atoms with E-state index in [0.717, 1.165) is 32.0 Å². The predicted molar refractivity (Wildman–Crippen MR) is 66.0 cm³/mol. The molecule has 2 rings (SSSR count). The smallest absolute Gasteiger partial charge is 0.0958 e. The monoisotopic (exact) mass is 224 g/mol. The van der Waals surface area contributed by atoms with E-state index in [2.05, 4.69) is 4.90 Å². The summed E-state index contributed by atoms with van der Waals surface area (Å²) in [6, 6.07) is 0. The van der Waals surface area contributed by atoms with Crippen molar-refractivity contribution in [3.63, 3.8) is 0 Å². The minimum atomic E-state index is 0.507. The van der Waals surface area contributed by atoms with Crippen LogP contribution in [-0.4, -0.2) is 36.5 Å². The molecule has 1 N–H and O–H groups in total. The van der Waals surface area contributed by atoms with Crippen LogP contribution in [0.5, 0.6) is 0 Å². The summed E-state index contributed by atoms with van der Waals surface area (Å²) in [4.78, 5) is 2.19. The number of nitrogens with zero attached hydrogens (tertiary/aromatic N) is 1. The highest BCUT2D eigenvalue weighted by molar-refractivity contribution is 5.79. The van der Waals surface area contributed by atoms with Crippen LogP contribution < -0.4 is 0 Å². The highest BCUT2D eigenvalue weighted by Gasteiger charge is 2.16. The number of hydrogen-bond acceptors (Lipinski definition) is 2. The molecule has 0 spiro atoms. The third-order valence-corrected chi connectivity index (χ3v) is 3.74. The highest BCUT2D eigenvalue weighted by atomic mass is 16.5. The molecule has 16 heavy (non-hydrogen) atoms. The quantitative estimate of drug-likeness (QED) is 0.797. The Hall–Kier alpha value is -0.570. The third-order valence-electron chi connectivity index (χ3n) is 3.74. The normalized spacial score (nSPS) is 23.8. The van der Waals surface area contributed by atoms with Gasteiger partial charge in [-0.15, -0.1) is 0 Å². The van der Waals surface area contributed by atoms with Crippen molar-refractivity contribution < 1.29 is 4.74 Å². The van der Waals surface area contributed by atoms with Crippen molar-refractivity contribution in [1.82, 2.24) is 4.90 Å². The van der Waals surface area contributed by atoms with Gasteiger partial charge in [0.1, 0.15) is 0 Å². The van der Waals surface area contributed by atoms with Gasteiger partial charge < -0.3 is 9.64 Å².